The molecule has 1 radical (unpaired) electrons. The highest BCUT2D eigenvalue weighted by Gasteiger charge is 2.63. The van der Waals surface area contributed by atoms with E-state index in [0.717, 1.165) is 49.4 Å². The lowest BCUT2D eigenvalue weighted by Crippen LogP contribution is -2.57. The van der Waals surface area contributed by atoms with Gasteiger partial charge in [-0.15, -0.1) is 0 Å². The number of allylic oxidation sites excluding steroid dienone is 1. The zero-order valence-electron chi connectivity index (χ0n) is 20.9. The monoisotopic (exact) mass is 509 g/mol. The third kappa shape index (κ3) is 3.57. The number of fused-ring (bicyclic) bond motifs is 6. The second-order valence-corrected chi connectivity index (χ2v) is 12.7. The summed E-state index contributed by atoms with van der Waals surface area (Å²) < 4.78 is 15.4. The Morgan fingerprint density at radius 3 is 2.72 bits per heavy atom. The summed E-state index contributed by atoms with van der Waals surface area (Å²) in [6.45, 7) is 4.53. The van der Waals surface area contributed by atoms with Crippen LogP contribution in [-0.4, -0.2) is 43.6 Å². The number of nitrogens with zero attached hydrogens (tertiary/aromatic N) is 2. The zero-order chi connectivity index (χ0) is 25.2. The summed E-state index contributed by atoms with van der Waals surface area (Å²) in [6, 6.07) is 6.44. The third-order valence-corrected chi connectivity index (χ3v) is 10.7. The summed E-state index contributed by atoms with van der Waals surface area (Å²) >= 11 is 1.22. The first-order valence-corrected chi connectivity index (χ1v) is 14.1. The number of aliphatic hydroxyl groups excluding tert-OH is 2. The van der Waals surface area contributed by atoms with E-state index < -0.39 is 6.10 Å². The van der Waals surface area contributed by atoms with Crippen molar-refractivity contribution in [2.45, 2.75) is 58.5 Å². The number of halogens is 1. The van der Waals surface area contributed by atoms with Gasteiger partial charge in [-0.1, -0.05) is 31.2 Å². The first-order chi connectivity index (χ1) is 17.3. The van der Waals surface area contributed by atoms with Crippen molar-refractivity contribution in [3.63, 3.8) is 0 Å². The van der Waals surface area contributed by atoms with E-state index in [0.29, 0.717) is 24.0 Å². The zero-order valence-corrected chi connectivity index (χ0v) is 21.7. The van der Waals surface area contributed by atoms with Crippen LogP contribution in [-0.2, 0) is 11.2 Å². The van der Waals surface area contributed by atoms with Crippen LogP contribution in [0.25, 0.3) is 11.8 Å². The molecular weight excluding hydrogens is 475 g/mol. The lowest BCUT2D eigenvalue weighted by molar-refractivity contribution is -0.121. The highest BCUT2D eigenvalue weighted by Crippen LogP contribution is 2.67. The number of thioether (sulfide) groups is 1. The summed E-state index contributed by atoms with van der Waals surface area (Å²) in [4.78, 5) is 13.0. The highest BCUT2D eigenvalue weighted by molar-refractivity contribution is 8.14. The van der Waals surface area contributed by atoms with Gasteiger partial charge in [0.2, 0.25) is 0 Å². The van der Waals surface area contributed by atoms with Crippen LogP contribution in [0.15, 0.2) is 36.0 Å². The predicted molar refractivity (Wildman–Crippen MR) is 139 cm³/mol. The van der Waals surface area contributed by atoms with Crippen LogP contribution in [0, 0.1) is 40.3 Å². The molecule has 6 atom stereocenters. The molecule has 3 fully saturated rings. The van der Waals surface area contributed by atoms with Gasteiger partial charge in [-0.2, -0.15) is 5.10 Å². The molecule has 0 unspecified atom stereocenters. The van der Waals surface area contributed by atoms with Gasteiger partial charge in [-0.25, -0.2) is 9.07 Å². The molecule has 0 spiro atoms. The smallest absolute Gasteiger partial charge is 0.196 e. The van der Waals surface area contributed by atoms with Crippen LogP contribution in [0.4, 0.5) is 4.39 Å². The van der Waals surface area contributed by atoms with Crippen molar-refractivity contribution in [2.75, 3.05) is 12.4 Å². The number of rotatable bonds is 4. The third-order valence-electron chi connectivity index (χ3n) is 9.85. The Balaban J connectivity index is 1.31. The first kappa shape index (κ1) is 24.4. The number of aliphatic hydroxyl groups is 2. The predicted octanol–water partition coefficient (Wildman–Crippen LogP) is 4.99. The van der Waals surface area contributed by atoms with Gasteiger partial charge in [0.25, 0.3) is 0 Å². The van der Waals surface area contributed by atoms with E-state index in [2.05, 4.69) is 25.0 Å². The minimum atomic E-state index is -0.470. The van der Waals surface area contributed by atoms with Gasteiger partial charge in [0.1, 0.15) is 5.82 Å². The van der Waals surface area contributed by atoms with Crippen molar-refractivity contribution in [3.8, 4) is 5.69 Å². The van der Waals surface area contributed by atoms with Crippen molar-refractivity contribution in [3.05, 3.63) is 59.0 Å². The van der Waals surface area contributed by atoms with E-state index >= 15 is 0 Å². The molecule has 0 amide bonds. The molecule has 0 aliphatic heterocycles. The molecule has 2 aromatic rings. The molecule has 4 aliphatic rings. The Hall–Kier alpha value is -1.96. The lowest BCUT2D eigenvalue weighted by Gasteiger charge is -2.59. The number of benzene rings is 1. The largest absolute Gasteiger partial charge is 0.396 e. The van der Waals surface area contributed by atoms with Crippen molar-refractivity contribution < 1.29 is 19.4 Å². The van der Waals surface area contributed by atoms with Crippen LogP contribution < -0.4 is 0 Å². The molecule has 0 bridgehead atoms. The Labute approximate surface area is 216 Å². The van der Waals surface area contributed by atoms with E-state index in [9.17, 15) is 19.4 Å². The molecule has 1 aromatic heterocycles. The summed E-state index contributed by atoms with van der Waals surface area (Å²) in [5.74, 6) is 2.07. The van der Waals surface area contributed by atoms with Crippen molar-refractivity contribution in [1.29, 1.82) is 0 Å². The molecule has 6 rings (SSSR count). The Morgan fingerprint density at radius 2 is 1.97 bits per heavy atom. The minimum Gasteiger partial charge on any atom is -0.396 e. The van der Waals surface area contributed by atoms with E-state index in [-0.39, 0.29) is 34.3 Å². The average molecular weight is 510 g/mol. The Kier molecular flexibility index (Phi) is 5.97. The van der Waals surface area contributed by atoms with Crippen molar-refractivity contribution in [2.24, 2.45) is 28.6 Å². The molecular formula is C29H34FN2O3S. The maximum atomic E-state index is 13.5. The number of hydrogen-bond donors (Lipinski definition) is 2. The van der Waals surface area contributed by atoms with Gasteiger partial charge in [-0.3, -0.25) is 4.79 Å². The van der Waals surface area contributed by atoms with Crippen LogP contribution in [0.2, 0.25) is 0 Å². The Bertz CT molecular complexity index is 1210. The number of hydrogen-bond acceptors (Lipinski definition) is 5. The van der Waals surface area contributed by atoms with Crippen LogP contribution in [0.5, 0.6) is 0 Å². The number of carbonyl (C=O) groups excluding carboxylic acids is 1. The van der Waals surface area contributed by atoms with Gasteiger partial charge in [-0.05, 0) is 103 Å². The van der Waals surface area contributed by atoms with E-state index in [1.54, 1.807) is 12.1 Å². The fourth-order valence-corrected chi connectivity index (χ4v) is 9.13. The van der Waals surface area contributed by atoms with Gasteiger partial charge in [0, 0.05) is 5.75 Å². The van der Waals surface area contributed by atoms with Crippen molar-refractivity contribution in [1.82, 2.24) is 9.78 Å². The summed E-state index contributed by atoms with van der Waals surface area (Å²) in [5.41, 5.74) is 4.04. The van der Waals surface area contributed by atoms with Crippen LogP contribution >= 0.6 is 11.8 Å². The van der Waals surface area contributed by atoms with Gasteiger partial charge in [0.15, 0.2) is 5.12 Å². The van der Waals surface area contributed by atoms with Gasteiger partial charge >= 0.3 is 0 Å². The average Bonchev–Trinajstić information content (AvgIpc) is 3.40. The molecule has 0 saturated heterocycles. The molecule has 4 aliphatic carbocycles. The molecule has 1 aromatic carbocycles. The minimum absolute atomic E-state index is 0.00432. The molecule has 2 N–H and O–H groups in total. The number of carbonyl (C=O) groups is 1. The molecule has 5 nitrogen and oxygen atoms in total. The quantitative estimate of drug-likeness (QED) is 0.607. The number of aromatic nitrogens is 2. The summed E-state index contributed by atoms with van der Waals surface area (Å²) in [5, 5.41) is 25.6. The topological polar surface area (TPSA) is 75.4 Å². The molecule has 3 saturated carbocycles. The summed E-state index contributed by atoms with van der Waals surface area (Å²) in [6.07, 6.45) is 9.01. The SMILES string of the molecule is C[C@@]12C[C@H](O)[C@H]3[C@@H](CCC4=Cc5c(cnn5-c5ccc(F)cc5)C[C@@]43C)[C@@H]1CC[C]2C(=O)SCCO. The van der Waals surface area contributed by atoms with E-state index in [4.69, 9.17) is 0 Å². The van der Waals surface area contributed by atoms with Crippen molar-refractivity contribution >= 4 is 23.0 Å². The van der Waals surface area contributed by atoms with Gasteiger partial charge < -0.3 is 10.2 Å². The van der Waals surface area contributed by atoms with Gasteiger partial charge in [0.05, 0.1) is 36.2 Å². The van der Waals surface area contributed by atoms with E-state index in [1.807, 2.05) is 10.9 Å². The molecule has 36 heavy (non-hydrogen) atoms. The fraction of sp³-hybridized carbons (Fsp3) is 0.552. The van der Waals surface area contributed by atoms with E-state index in [1.165, 1.54) is 35.0 Å². The fourth-order valence-electron chi connectivity index (χ4n) is 8.35. The maximum Gasteiger partial charge on any atom is 0.196 e. The second kappa shape index (κ2) is 8.81. The standard InChI is InChI=1S/C29H34FN2O3S/c1-28-14-17-16-31-32(20-6-4-19(30)5-7-20)24(17)13-18(28)3-8-21-22-9-10-23(27(35)36-12-11-33)29(22,2)15-25(34)26(21)28/h4-7,13,16,21-22,25-26,33-34H,3,8-12,14-15H2,1-2H3/t21-,22-,25-,26+,28-,29+/m0/s1. The highest BCUT2D eigenvalue weighted by atomic mass is 32.2. The lowest BCUT2D eigenvalue weighted by atomic mass is 9.46. The summed E-state index contributed by atoms with van der Waals surface area (Å²) in [7, 11) is 0. The maximum absolute atomic E-state index is 13.5. The van der Waals surface area contributed by atoms with Crippen LogP contribution in [0.3, 0.4) is 0 Å². The first-order valence-electron chi connectivity index (χ1n) is 13.1. The molecule has 191 valence electrons. The second-order valence-electron chi connectivity index (χ2n) is 11.6. The molecule has 1 heterocycles. The molecule has 7 heteroatoms. The normalized spacial score (nSPS) is 35.4. The Morgan fingerprint density at radius 1 is 1.19 bits per heavy atom. The van der Waals surface area contributed by atoms with Crippen LogP contribution in [0.1, 0.15) is 57.2 Å².